The molecule has 1 aliphatic heterocycles. The number of methoxy groups -OCH3 is 1. The van der Waals surface area contributed by atoms with E-state index in [0.717, 1.165) is 5.56 Å². The Morgan fingerprint density at radius 1 is 1.36 bits per heavy atom. The Morgan fingerprint density at radius 3 is 2.55 bits per heavy atom. The number of piperidine rings is 1. The Bertz CT molecular complexity index is 583. The van der Waals surface area contributed by atoms with Crippen LogP contribution in [0.1, 0.15) is 18.4 Å². The highest BCUT2D eigenvalue weighted by Gasteiger charge is 2.27. The highest BCUT2D eigenvalue weighted by atomic mass is 35.5. The molecule has 1 aliphatic rings. The molecule has 6 nitrogen and oxygen atoms in total. The fourth-order valence-corrected chi connectivity index (χ4v) is 2.70. The van der Waals surface area contributed by atoms with Crippen molar-refractivity contribution in [2.24, 2.45) is 5.92 Å². The van der Waals surface area contributed by atoms with E-state index in [1.54, 1.807) is 24.1 Å². The van der Waals surface area contributed by atoms with Crippen molar-refractivity contribution in [3.05, 3.63) is 22.7 Å². The van der Waals surface area contributed by atoms with Crippen molar-refractivity contribution in [3.63, 3.8) is 0 Å². The van der Waals surface area contributed by atoms with E-state index < -0.39 is 5.97 Å². The largest absolute Gasteiger partial charge is 0.496 e. The number of carboxylic acids is 1. The van der Waals surface area contributed by atoms with E-state index in [0.29, 0.717) is 42.4 Å². The standard InChI is InChI=1S/C15H19ClN2O4/c1-9-7-12(11(16)8-13(9)22-2)17-15(21)18-5-3-10(4-6-18)14(19)20/h7-8,10H,3-6H2,1-2H3,(H,17,21)(H,19,20). The number of halogens is 1. The lowest BCUT2D eigenvalue weighted by Gasteiger charge is -2.30. The molecule has 1 aromatic carbocycles. The summed E-state index contributed by atoms with van der Waals surface area (Å²) in [4.78, 5) is 24.8. The lowest BCUT2D eigenvalue weighted by Crippen LogP contribution is -2.42. The van der Waals surface area contributed by atoms with Crippen LogP contribution in [-0.2, 0) is 4.79 Å². The summed E-state index contributed by atoms with van der Waals surface area (Å²) in [5.74, 6) is -0.505. The molecule has 7 heteroatoms. The van der Waals surface area contributed by atoms with Crippen LogP contribution in [0.3, 0.4) is 0 Å². The molecule has 0 radical (unpaired) electrons. The van der Waals surface area contributed by atoms with Crippen molar-refractivity contribution >= 4 is 29.3 Å². The molecule has 1 saturated heterocycles. The Labute approximate surface area is 134 Å². The van der Waals surface area contributed by atoms with Gasteiger partial charge in [0.2, 0.25) is 0 Å². The van der Waals surface area contributed by atoms with E-state index in [4.69, 9.17) is 21.4 Å². The second-order valence-corrected chi connectivity index (χ2v) is 5.74. The Balaban J connectivity index is 2.01. The molecule has 1 aromatic rings. The molecule has 1 heterocycles. The summed E-state index contributed by atoms with van der Waals surface area (Å²) in [7, 11) is 1.56. The fourth-order valence-electron chi connectivity index (χ4n) is 2.50. The number of carbonyl (C=O) groups excluding carboxylic acids is 1. The first kappa shape index (κ1) is 16.4. The van der Waals surface area contributed by atoms with Crippen molar-refractivity contribution < 1.29 is 19.4 Å². The molecule has 1 fully saturated rings. The molecule has 0 atom stereocenters. The van der Waals surface area contributed by atoms with Gasteiger partial charge in [-0.15, -0.1) is 0 Å². The third kappa shape index (κ3) is 3.62. The van der Waals surface area contributed by atoms with E-state index >= 15 is 0 Å². The van der Waals surface area contributed by atoms with Crippen LogP contribution in [0.15, 0.2) is 12.1 Å². The number of likely N-dealkylation sites (tertiary alicyclic amines) is 1. The van der Waals surface area contributed by atoms with Gasteiger partial charge in [-0.05, 0) is 31.4 Å². The number of ether oxygens (including phenoxy) is 1. The van der Waals surface area contributed by atoms with Gasteiger partial charge in [-0.25, -0.2) is 4.79 Å². The first-order chi connectivity index (χ1) is 10.4. The van der Waals surface area contributed by atoms with E-state index in [-0.39, 0.29) is 11.9 Å². The number of urea groups is 1. The number of anilines is 1. The maximum absolute atomic E-state index is 12.2. The third-order valence-corrected chi connectivity index (χ3v) is 4.17. The normalized spacial score (nSPS) is 15.5. The summed E-state index contributed by atoms with van der Waals surface area (Å²) in [6, 6.07) is 3.14. The SMILES string of the molecule is COc1cc(Cl)c(NC(=O)N2CCC(C(=O)O)CC2)cc1C. The Hall–Kier alpha value is -1.95. The summed E-state index contributed by atoms with van der Waals surface area (Å²) in [5.41, 5.74) is 1.39. The highest BCUT2D eigenvalue weighted by Crippen LogP contribution is 2.30. The van der Waals surface area contributed by atoms with Gasteiger partial charge in [-0.1, -0.05) is 11.6 Å². The van der Waals surface area contributed by atoms with E-state index in [2.05, 4.69) is 5.32 Å². The van der Waals surface area contributed by atoms with Crippen LogP contribution in [0.5, 0.6) is 5.75 Å². The van der Waals surface area contributed by atoms with Gasteiger partial charge in [0.1, 0.15) is 5.75 Å². The molecule has 0 saturated carbocycles. The lowest BCUT2D eigenvalue weighted by atomic mass is 9.97. The molecular formula is C15H19ClN2O4. The molecule has 0 unspecified atom stereocenters. The fraction of sp³-hybridized carbons (Fsp3) is 0.467. The van der Waals surface area contributed by atoms with Gasteiger partial charge in [-0.2, -0.15) is 0 Å². The number of aliphatic carboxylic acids is 1. The number of carboxylic acid groups (broad SMARTS) is 1. The summed E-state index contributed by atoms with van der Waals surface area (Å²) in [6.07, 6.45) is 0.941. The molecule has 22 heavy (non-hydrogen) atoms. The van der Waals surface area contributed by atoms with Gasteiger partial charge in [-0.3, -0.25) is 4.79 Å². The summed E-state index contributed by atoms with van der Waals surface area (Å²) >= 11 is 6.14. The van der Waals surface area contributed by atoms with Gasteiger partial charge < -0.3 is 20.1 Å². The maximum Gasteiger partial charge on any atom is 0.321 e. The predicted octanol–water partition coefficient (Wildman–Crippen LogP) is 2.99. The van der Waals surface area contributed by atoms with Crippen LogP contribution in [0.4, 0.5) is 10.5 Å². The van der Waals surface area contributed by atoms with E-state index in [1.807, 2.05) is 6.92 Å². The predicted molar refractivity (Wildman–Crippen MR) is 83.7 cm³/mol. The van der Waals surface area contributed by atoms with Crippen LogP contribution < -0.4 is 10.1 Å². The van der Waals surface area contributed by atoms with Crippen molar-refractivity contribution in [2.75, 3.05) is 25.5 Å². The molecule has 120 valence electrons. The van der Waals surface area contributed by atoms with Crippen molar-refractivity contribution in [2.45, 2.75) is 19.8 Å². The number of nitrogens with one attached hydrogen (secondary N) is 1. The minimum atomic E-state index is -0.797. The smallest absolute Gasteiger partial charge is 0.321 e. The average Bonchev–Trinajstić information content (AvgIpc) is 2.50. The number of nitrogens with zero attached hydrogens (tertiary/aromatic N) is 1. The maximum atomic E-state index is 12.2. The van der Waals surface area contributed by atoms with Gasteiger partial charge in [0.05, 0.1) is 23.7 Å². The third-order valence-electron chi connectivity index (χ3n) is 3.86. The zero-order chi connectivity index (χ0) is 16.3. The zero-order valence-corrected chi connectivity index (χ0v) is 13.3. The second kappa shape index (κ2) is 6.87. The molecule has 2 rings (SSSR count). The molecular weight excluding hydrogens is 308 g/mol. The van der Waals surface area contributed by atoms with Crippen LogP contribution >= 0.6 is 11.6 Å². The van der Waals surface area contributed by atoms with Crippen molar-refractivity contribution in [1.82, 2.24) is 4.90 Å². The number of hydrogen-bond acceptors (Lipinski definition) is 3. The Morgan fingerprint density at radius 2 is 2.00 bits per heavy atom. The summed E-state index contributed by atoms with van der Waals surface area (Å²) in [5, 5.41) is 12.1. The van der Waals surface area contributed by atoms with Gasteiger partial charge >= 0.3 is 12.0 Å². The molecule has 2 N–H and O–H groups in total. The number of amides is 2. The number of rotatable bonds is 3. The number of aryl methyl sites for hydroxylation is 1. The molecule has 0 bridgehead atoms. The van der Waals surface area contributed by atoms with Crippen molar-refractivity contribution in [1.29, 1.82) is 0 Å². The van der Waals surface area contributed by atoms with E-state index in [1.165, 1.54) is 0 Å². The number of hydrogen-bond donors (Lipinski definition) is 2. The molecule has 2 amide bonds. The van der Waals surface area contributed by atoms with Gasteiger partial charge in [0.15, 0.2) is 0 Å². The van der Waals surface area contributed by atoms with Crippen LogP contribution in [0.25, 0.3) is 0 Å². The topological polar surface area (TPSA) is 78.9 Å². The molecule has 0 aromatic heterocycles. The first-order valence-electron chi connectivity index (χ1n) is 7.05. The minimum Gasteiger partial charge on any atom is -0.496 e. The minimum absolute atomic E-state index is 0.268. The average molecular weight is 327 g/mol. The summed E-state index contributed by atoms with van der Waals surface area (Å²) in [6.45, 7) is 2.72. The number of benzene rings is 1. The van der Waals surface area contributed by atoms with E-state index in [9.17, 15) is 9.59 Å². The Kier molecular flexibility index (Phi) is 5.13. The van der Waals surface area contributed by atoms with Gasteiger partial charge in [0, 0.05) is 19.2 Å². The highest BCUT2D eigenvalue weighted by molar-refractivity contribution is 6.33. The van der Waals surface area contributed by atoms with Crippen molar-refractivity contribution in [3.8, 4) is 5.75 Å². The first-order valence-corrected chi connectivity index (χ1v) is 7.43. The molecule has 0 aliphatic carbocycles. The lowest BCUT2D eigenvalue weighted by molar-refractivity contribution is -0.143. The zero-order valence-electron chi connectivity index (χ0n) is 12.6. The van der Waals surface area contributed by atoms with Crippen LogP contribution in [0.2, 0.25) is 5.02 Å². The monoisotopic (exact) mass is 326 g/mol. The van der Waals surface area contributed by atoms with Crippen LogP contribution in [-0.4, -0.2) is 42.2 Å². The van der Waals surface area contributed by atoms with Crippen LogP contribution in [0, 0.1) is 12.8 Å². The molecule has 0 spiro atoms. The quantitative estimate of drug-likeness (QED) is 0.895. The second-order valence-electron chi connectivity index (χ2n) is 5.33. The summed E-state index contributed by atoms with van der Waals surface area (Å²) < 4.78 is 5.17. The number of carbonyl (C=O) groups is 2. The van der Waals surface area contributed by atoms with Gasteiger partial charge in [0.25, 0.3) is 0 Å².